The fourth-order valence-corrected chi connectivity index (χ4v) is 6.15. The molecule has 1 unspecified atom stereocenters. The van der Waals surface area contributed by atoms with Crippen molar-refractivity contribution in [3.05, 3.63) is 41.7 Å². The van der Waals surface area contributed by atoms with Crippen molar-refractivity contribution in [3.63, 3.8) is 0 Å². The van der Waals surface area contributed by atoms with Crippen molar-refractivity contribution in [2.45, 2.75) is 70.3 Å². The maximum Gasteiger partial charge on any atom is 0.232 e. The number of piperidine rings is 2. The van der Waals surface area contributed by atoms with Crippen LogP contribution in [0.1, 0.15) is 64.4 Å². The number of hydrogen-bond acceptors (Lipinski definition) is 6. The van der Waals surface area contributed by atoms with E-state index in [1.54, 1.807) is 0 Å². The van der Waals surface area contributed by atoms with Gasteiger partial charge in [0.05, 0.1) is 0 Å². The summed E-state index contributed by atoms with van der Waals surface area (Å²) in [6.07, 6.45) is 7.69. The fraction of sp³-hybridized carbons (Fsp3) is 0.621. The summed E-state index contributed by atoms with van der Waals surface area (Å²) in [6.45, 7) is 9.63. The summed E-state index contributed by atoms with van der Waals surface area (Å²) >= 11 is 5.74. The van der Waals surface area contributed by atoms with Crippen molar-refractivity contribution < 1.29 is 9.13 Å². The van der Waals surface area contributed by atoms with Crippen LogP contribution >= 0.6 is 12.2 Å². The third kappa shape index (κ3) is 6.37. The van der Waals surface area contributed by atoms with Gasteiger partial charge in [0.15, 0.2) is 5.11 Å². The van der Waals surface area contributed by atoms with Crippen LogP contribution in [0.15, 0.2) is 30.3 Å². The number of benzene rings is 1. The summed E-state index contributed by atoms with van der Waals surface area (Å²) in [4.78, 5) is 14.6. The number of anilines is 3. The monoisotopic (exact) mass is 540 g/mol. The molecule has 4 heterocycles. The van der Waals surface area contributed by atoms with Gasteiger partial charge in [-0.25, -0.2) is 4.39 Å². The van der Waals surface area contributed by atoms with Crippen LogP contribution in [0.5, 0.6) is 0 Å². The number of thiocarbonyl (C=S) groups is 1. The topological polar surface area (TPSA) is 65.5 Å². The molecule has 3 fully saturated rings. The molecule has 2 N–H and O–H groups in total. The summed E-state index contributed by atoms with van der Waals surface area (Å²) in [5, 5.41) is 7.23. The lowest BCUT2D eigenvalue weighted by Crippen LogP contribution is -2.45. The normalized spacial score (nSPS) is 22.2. The second-order valence-corrected chi connectivity index (χ2v) is 11.7. The van der Waals surface area contributed by atoms with E-state index in [4.69, 9.17) is 26.9 Å². The van der Waals surface area contributed by atoms with E-state index in [-0.39, 0.29) is 11.2 Å². The largest absolute Gasteiger partial charge is 0.381 e. The minimum Gasteiger partial charge on any atom is -0.381 e. The number of ether oxygens (including phenoxy) is 1. The van der Waals surface area contributed by atoms with E-state index in [1.807, 2.05) is 12.1 Å². The maximum absolute atomic E-state index is 13.6. The van der Waals surface area contributed by atoms with E-state index in [0.717, 1.165) is 55.6 Å². The second-order valence-electron chi connectivity index (χ2n) is 11.3. The van der Waals surface area contributed by atoms with Gasteiger partial charge in [-0.05, 0) is 87.7 Å². The zero-order valence-electron chi connectivity index (χ0n) is 22.7. The highest BCUT2D eigenvalue weighted by atomic mass is 32.1. The Morgan fingerprint density at radius 3 is 2.45 bits per heavy atom. The molecule has 7 nitrogen and oxygen atoms in total. The Kier molecular flexibility index (Phi) is 8.63. The highest BCUT2D eigenvalue weighted by molar-refractivity contribution is 7.80. The average Bonchev–Trinajstić information content (AvgIpc) is 2.93. The SMILES string of the molecule is CC1CCN(c2cc(N3CCCCC3C)nc(NC(=S)NCC3(c4ccc(F)cc4)CCOCC3)n2)CC1. The summed E-state index contributed by atoms with van der Waals surface area (Å²) in [7, 11) is 0. The van der Waals surface area contributed by atoms with Gasteiger partial charge in [0, 0.05) is 56.9 Å². The van der Waals surface area contributed by atoms with Crippen LogP contribution in [-0.2, 0) is 10.2 Å². The van der Waals surface area contributed by atoms with E-state index in [0.29, 0.717) is 36.9 Å². The van der Waals surface area contributed by atoms with Crippen LogP contribution in [0.2, 0.25) is 0 Å². The number of nitrogens with one attached hydrogen (secondary N) is 2. The molecule has 9 heteroatoms. The molecule has 0 aliphatic carbocycles. The predicted molar refractivity (Wildman–Crippen MR) is 156 cm³/mol. The Hall–Kier alpha value is -2.52. The Labute approximate surface area is 231 Å². The molecular weight excluding hydrogens is 499 g/mol. The van der Waals surface area contributed by atoms with Crippen molar-refractivity contribution in [2.75, 3.05) is 54.5 Å². The molecule has 5 rings (SSSR count). The van der Waals surface area contributed by atoms with E-state index >= 15 is 0 Å². The highest BCUT2D eigenvalue weighted by Gasteiger charge is 2.34. The second kappa shape index (κ2) is 12.1. The smallest absolute Gasteiger partial charge is 0.232 e. The summed E-state index contributed by atoms with van der Waals surface area (Å²) in [6, 6.07) is 9.45. The standard InChI is InChI=1S/C29H41FN6OS/c1-21-10-15-35(16-11-21)25-19-26(36-14-4-3-5-22(36)2)33-27(32-25)34-28(38)31-20-29(12-17-37-18-13-29)23-6-8-24(30)9-7-23/h6-9,19,21-22H,3-5,10-18,20H2,1-2H3,(H2,31,32,33,34,38). The molecule has 3 aliphatic heterocycles. The Morgan fingerprint density at radius 1 is 1.03 bits per heavy atom. The molecule has 0 saturated carbocycles. The van der Waals surface area contributed by atoms with Gasteiger partial charge in [-0.2, -0.15) is 9.97 Å². The summed E-state index contributed by atoms with van der Waals surface area (Å²) in [5.41, 5.74) is 0.940. The number of hydrogen-bond donors (Lipinski definition) is 2. The average molecular weight is 541 g/mol. The van der Waals surface area contributed by atoms with Crippen molar-refractivity contribution in [1.29, 1.82) is 0 Å². The van der Waals surface area contributed by atoms with Gasteiger partial charge in [0.1, 0.15) is 17.5 Å². The number of aromatic nitrogens is 2. The quantitative estimate of drug-likeness (QED) is 0.481. The first-order valence-electron chi connectivity index (χ1n) is 14.2. The minimum absolute atomic E-state index is 0.167. The van der Waals surface area contributed by atoms with E-state index in [2.05, 4.69) is 40.3 Å². The van der Waals surface area contributed by atoms with Crippen LogP contribution in [0.3, 0.4) is 0 Å². The lowest BCUT2D eigenvalue weighted by atomic mass is 9.74. The third-order valence-electron chi connectivity index (χ3n) is 8.62. The third-order valence-corrected chi connectivity index (χ3v) is 8.87. The van der Waals surface area contributed by atoms with Crippen molar-refractivity contribution >= 4 is 34.9 Å². The predicted octanol–water partition coefficient (Wildman–Crippen LogP) is 5.27. The number of halogens is 1. The molecule has 1 atom stereocenters. The zero-order valence-corrected chi connectivity index (χ0v) is 23.5. The number of rotatable bonds is 6. The molecule has 1 aromatic heterocycles. The van der Waals surface area contributed by atoms with Gasteiger partial charge in [-0.15, -0.1) is 0 Å². The van der Waals surface area contributed by atoms with E-state index in [9.17, 15) is 4.39 Å². The first-order valence-corrected chi connectivity index (χ1v) is 14.6. The molecule has 3 saturated heterocycles. The lowest BCUT2D eigenvalue weighted by Gasteiger charge is -2.38. The molecule has 0 radical (unpaired) electrons. The number of nitrogens with zero attached hydrogens (tertiary/aromatic N) is 4. The van der Waals surface area contributed by atoms with Crippen LogP contribution in [0.25, 0.3) is 0 Å². The maximum atomic E-state index is 13.6. The molecular formula is C29H41FN6OS. The van der Waals surface area contributed by atoms with Crippen molar-refractivity contribution in [2.24, 2.45) is 5.92 Å². The van der Waals surface area contributed by atoms with Gasteiger partial charge in [0.25, 0.3) is 0 Å². The van der Waals surface area contributed by atoms with Crippen LogP contribution in [0, 0.1) is 11.7 Å². The van der Waals surface area contributed by atoms with Crippen LogP contribution in [-0.4, -0.2) is 60.5 Å². The molecule has 0 bridgehead atoms. The summed E-state index contributed by atoms with van der Waals surface area (Å²) < 4.78 is 19.3. The van der Waals surface area contributed by atoms with Crippen LogP contribution < -0.4 is 20.4 Å². The fourth-order valence-electron chi connectivity index (χ4n) is 5.99. The molecule has 0 amide bonds. The lowest BCUT2D eigenvalue weighted by molar-refractivity contribution is 0.0515. The van der Waals surface area contributed by atoms with Crippen LogP contribution in [0.4, 0.5) is 22.0 Å². The highest BCUT2D eigenvalue weighted by Crippen LogP contribution is 2.35. The zero-order chi connectivity index (χ0) is 26.5. The van der Waals surface area contributed by atoms with Gasteiger partial charge < -0.3 is 25.2 Å². The van der Waals surface area contributed by atoms with Gasteiger partial charge >= 0.3 is 0 Å². The first-order chi connectivity index (χ1) is 18.4. The Bertz CT molecular complexity index is 1080. The van der Waals surface area contributed by atoms with Crippen molar-refractivity contribution in [3.8, 4) is 0 Å². The Balaban J connectivity index is 1.33. The van der Waals surface area contributed by atoms with Crippen molar-refractivity contribution in [1.82, 2.24) is 15.3 Å². The Morgan fingerprint density at radius 2 is 1.74 bits per heavy atom. The van der Waals surface area contributed by atoms with E-state index in [1.165, 1.54) is 44.2 Å². The van der Waals surface area contributed by atoms with E-state index < -0.39 is 0 Å². The van der Waals surface area contributed by atoms with Gasteiger partial charge in [-0.3, -0.25) is 0 Å². The molecule has 206 valence electrons. The summed E-state index contributed by atoms with van der Waals surface area (Å²) in [5.74, 6) is 3.01. The molecule has 3 aliphatic rings. The van der Waals surface area contributed by atoms with Gasteiger partial charge in [0.2, 0.25) is 5.95 Å². The molecule has 1 aromatic carbocycles. The molecule has 38 heavy (non-hydrogen) atoms. The minimum atomic E-state index is -0.222. The first kappa shape index (κ1) is 27.1. The molecule has 0 spiro atoms. The molecule has 2 aromatic rings. The van der Waals surface area contributed by atoms with Gasteiger partial charge in [-0.1, -0.05) is 19.1 Å².